The molecular formula is C20H28N2O3. The molecule has 5 heteroatoms. The third-order valence-electron chi connectivity index (χ3n) is 5.11. The lowest BCUT2D eigenvalue weighted by molar-refractivity contribution is -0.117. The van der Waals surface area contributed by atoms with E-state index in [1.165, 1.54) is 0 Å². The molecule has 1 aromatic carbocycles. The number of carbonyl (C=O) groups excluding carboxylic acids is 2. The van der Waals surface area contributed by atoms with Gasteiger partial charge in [0, 0.05) is 32.7 Å². The zero-order valence-electron chi connectivity index (χ0n) is 15.3. The minimum atomic E-state index is 0.0413. The van der Waals surface area contributed by atoms with Gasteiger partial charge in [-0.05, 0) is 51.2 Å². The minimum absolute atomic E-state index is 0.0413. The molecule has 2 amide bonds. The molecular weight excluding hydrogens is 316 g/mol. The molecule has 0 spiro atoms. The van der Waals surface area contributed by atoms with Gasteiger partial charge in [0.25, 0.3) is 5.91 Å². The molecule has 0 aliphatic carbocycles. The number of ether oxygens (including phenoxy) is 1. The molecule has 2 heterocycles. The van der Waals surface area contributed by atoms with Crippen molar-refractivity contribution < 1.29 is 14.3 Å². The summed E-state index contributed by atoms with van der Waals surface area (Å²) in [4.78, 5) is 29.1. The van der Waals surface area contributed by atoms with Gasteiger partial charge in [-0.1, -0.05) is 11.6 Å². The third kappa shape index (κ3) is 4.03. The standard InChI is InChI=1S/C20H28N2O3/c1-3-25-14-16-6-4-10-21(13-16)20(24)17-12-15(2)8-9-18(17)22-11-5-7-19(22)23/h8-9,12,16H,3-7,10-11,13-14H2,1-2H3. The first-order valence-electron chi connectivity index (χ1n) is 9.38. The van der Waals surface area contributed by atoms with Crippen LogP contribution in [0, 0.1) is 12.8 Å². The summed E-state index contributed by atoms with van der Waals surface area (Å²) in [6.07, 6.45) is 3.55. The Morgan fingerprint density at radius 3 is 2.84 bits per heavy atom. The molecule has 0 bridgehead atoms. The van der Waals surface area contributed by atoms with Gasteiger partial charge < -0.3 is 14.5 Å². The number of hydrogen-bond donors (Lipinski definition) is 0. The number of likely N-dealkylation sites (tertiary alicyclic amines) is 1. The Balaban J connectivity index is 1.81. The van der Waals surface area contributed by atoms with E-state index in [-0.39, 0.29) is 11.8 Å². The highest BCUT2D eigenvalue weighted by Gasteiger charge is 2.30. The average molecular weight is 344 g/mol. The van der Waals surface area contributed by atoms with Crippen LogP contribution < -0.4 is 4.90 Å². The molecule has 136 valence electrons. The van der Waals surface area contributed by atoms with Gasteiger partial charge in [0.15, 0.2) is 0 Å². The first-order valence-corrected chi connectivity index (χ1v) is 9.38. The Morgan fingerprint density at radius 2 is 2.12 bits per heavy atom. The quantitative estimate of drug-likeness (QED) is 0.825. The number of benzene rings is 1. The minimum Gasteiger partial charge on any atom is -0.381 e. The highest BCUT2D eigenvalue weighted by Crippen LogP contribution is 2.29. The van der Waals surface area contributed by atoms with Crippen LogP contribution in [0.3, 0.4) is 0 Å². The predicted molar refractivity (Wildman–Crippen MR) is 97.9 cm³/mol. The number of nitrogens with zero attached hydrogens (tertiary/aromatic N) is 2. The van der Waals surface area contributed by atoms with Crippen LogP contribution in [-0.2, 0) is 9.53 Å². The van der Waals surface area contributed by atoms with E-state index in [0.717, 1.165) is 43.6 Å². The summed E-state index contributed by atoms with van der Waals surface area (Å²) in [6.45, 7) is 7.63. The van der Waals surface area contributed by atoms with Gasteiger partial charge >= 0.3 is 0 Å². The number of rotatable bonds is 5. The van der Waals surface area contributed by atoms with Crippen molar-refractivity contribution in [2.24, 2.45) is 5.92 Å². The van der Waals surface area contributed by atoms with Gasteiger partial charge in [0.1, 0.15) is 0 Å². The predicted octanol–water partition coefficient (Wildman–Crippen LogP) is 3.01. The summed E-state index contributed by atoms with van der Waals surface area (Å²) in [7, 11) is 0. The molecule has 2 saturated heterocycles. The normalized spacial score (nSPS) is 21.0. The molecule has 0 N–H and O–H groups in total. The number of aryl methyl sites for hydroxylation is 1. The average Bonchev–Trinajstić information content (AvgIpc) is 3.05. The maximum absolute atomic E-state index is 13.2. The van der Waals surface area contributed by atoms with Crippen LogP contribution in [0.1, 0.15) is 48.5 Å². The van der Waals surface area contributed by atoms with Crippen LogP contribution >= 0.6 is 0 Å². The number of carbonyl (C=O) groups is 2. The van der Waals surface area contributed by atoms with Gasteiger partial charge in [-0.25, -0.2) is 0 Å². The van der Waals surface area contributed by atoms with E-state index in [4.69, 9.17) is 4.74 Å². The molecule has 1 unspecified atom stereocenters. The second-order valence-corrected chi connectivity index (χ2v) is 7.09. The molecule has 5 nitrogen and oxygen atoms in total. The van der Waals surface area contributed by atoms with E-state index >= 15 is 0 Å². The molecule has 1 aromatic rings. The van der Waals surface area contributed by atoms with Gasteiger partial charge in [-0.15, -0.1) is 0 Å². The summed E-state index contributed by atoms with van der Waals surface area (Å²) in [5.74, 6) is 0.560. The van der Waals surface area contributed by atoms with Crippen LogP contribution in [0.15, 0.2) is 18.2 Å². The summed E-state index contributed by atoms with van der Waals surface area (Å²) in [5.41, 5.74) is 2.47. The SMILES string of the molecule is CCOCC1CCCN(C(=O)c2cc(C)ccc2N2CCCC2=O)C1. The Morgan fingerprint density at radius 1 is 1.28 bits per heavy atom. The first-order chi connectivity index (χ1) is 12.1. The van der Waals surface area contributed by atoms with Crippen LogP contribution in [0.25, 0.3) is 0 Å². The van der Waals surface area contributed by atoms with E-state index in [9.17, 15) is 9.59 Å². The van der Waals surface area contributed by atoms with Crippen molar-refractivity contribution in [3.8, 4) is 0 Å². The van der Waals surface area contributed by atoms with Crippen molar-refractivity contribution >= 4 is 17.5 Å². The largest absolute Gasteiger partial charge is 0.381 e. The summed E-state index contributed by atoms with van der Waals surface area (Å²) >= 11 is 0. The molecule has 25 heavy (non-hydrogen) atoms. The molecule has 2 aliphatic rings. The van der Waals surface area contributed by atoms with Crippen LogP contribution in [0.5, 0.6) is 0 Å². The molecule has 0 saturated carbocycles. The summed E-state index contributed by atoms with van der Waals surface area (Å²) in [6, 6.07) is 5.83. The summed E-state index contributed by atoms with van der Waals surface area (Å²) < 4.78 is 5.55. The smallest absolute Gasteiger partial charge is 0.255 e. The number of amides is 2. The lowest BCUT2D eigenvalue weighted by atomic mass is 9.97. The number of hydrogen-bond acceptors (Lipinski definition) is 3. The van der Waals surface area contributed by atoms with Crippen molar-refractivity contribution in [2.75, 3.05) is 37.7 Å². The maximum Gasteiger partial charge on any atom is 0.255 e. The Kier molecular flexibility index (Phi) is 5.74. The Labute approximate surface area is 149 Å². The van der Waals surface area contributed by atoms with Gasteiger partial charge in [0.05, 0.1) is 17.9 Å². The number of anilines is 1. The second-order valence-electron chi connectivity index (χ2n) is 7.09. The summed E-state index contributed by atoms with van der Waals surface area (Å²) in [5, 5.41) is 0. The van der Waals surface area contributed by atoms with E-state index in [2.05, 4.69) is 0 Å². The lowest BCUT2D eigenvalue weighted by Gasteiger charge is -2.33. The monoisotopic (exact) mass is 344 g/mol. The van der Waals surface area contributed by atoms with E-state index in [0.29, 0.717) is 37.7 Å². The van der Waals surface area contributed by atoms with E-state index in [1.54, 1.807) is 4.90 Å². The molecule has 1 atom stereocenters. The molecule has 3 rings (SSSR count). The zero-order chi connectivity index (χ0) is 17.8. The Bertz CT molecular complexity index is 644. The number of piperidine rings is 1. The second kappa shape index (κ2) is 8.00. The van der Waals surface area contributed by atoms with Crippen LogP contribution in [0.2, 0.25) is 0 Å². The van der Waals surface area contributed by atoms with Gasteiger partial charge in [-0.3, -0.25) is 9.59 Å². The Hall–Kier alpha value is -1.88. The van der Waals surface area contributed by atoms with Gasteiger partial charge in [0.2, 0.25) is 5.91 Å². The molecule has 0 radical (unpaired) electrons. The lowest BCUT2D eigenvalue weighted by Crippen LogP contribution is -2.42. The molecule has 2 fully saturated rings. The van der Waals surface area contributed by atoms with E-state index in [1.807, 2.05) is 36.9 Å². The molecule has 0 aromatic heterocycles. The van der Waals surface area contributed by atoms with Gasteiger partial charge in [-0.2, -0.15) is 0 Å². The zero-order valence-corrected chi connectivity index (χ0v) is 15.3. The van der Waals surface area contributed by atoms with Crippen molar-refractivity contribution in [3.63, 3.8) is 0 Å². The fourth-order valence-electron chi connectivity index (χ4n) is 3.80. The van der Waals surface area contributed by atoms with Crippen molar-refractivity contribution in [3.05, 3.63) is 29.3 Å². The van der Waals surface area contributed by atoms with Crippen LogP contribution in [-0.4, -0.2) is 49.6 Å². The van der Waals surface area contributed by atoms with Crippen molar-refractivity contribution in [1.82, 2.24) is 4.90 Å². The van der Waals surface area contributed by atoms with E-state index < -0.39 is 0 Å². The maximum atomic E-state index is 13.2. The highest BCUT2D eigenvalue weighted by atomic mass is 16.5. The first kappa shape index (κ1) is 17.9. The fourth-order valence-corrected chi connectivity index (χ4v) is 3.80. The van der Waals surface area contributed by atoms with Crippen molar-refractivity contribution in [1.29, 1.82) is 0 Å². The topological polar surface area (TPSA) is 49.9 Å². The van der Waals surface area contributed by atoms with Crippen molar-refractivity contribution in [2.45, 2.75) is 39.5 Å². The fraction of sp³-hybridized carbons (Fsp3) is 0.600. The third-order valence-corrected chi connectivity index (χ3v) is 5.11. The molecule has 2 aliphatic heterocycles. The van der Waals surface area contributed by atoms with Crippen LogP contribution in [0.4, 0.5) is 5.69 Å². The highest BCUT2D eigenvalue weighted by molar-refractivity contribution is 6.05.